The van der Waals surface area contributed by atoms with E-state index in [0.29, 0.717) is 11.7 Å². The summed E-state index contributed by atoms with van der Waals surface area (Å²) in [5.41, 5.74) is 2.81. The number of anilines is 1. The minimum absolute atomic E-state index is 0.0761. The zero-order valence-corrected chi connectivity index (χ0v) is 19.7. The Morgan fingerprint density at radius 2 is 1.94 bits per heavy atom. The summed E-state index contributed by atoms with van der Waals surface area (Å²) in [6, 6.07) is 15.8. The molecule has 1 N–H and O–H groups in total. The maximum atomic E-state index is 12.6. The second-order valence-electron chi connectivity index (χ2n) is 7.25. The zero-order chi connectivity index (χ0) is 21.6. The standard InChI is InChI=1S/C22H24BrN5O2S/c1-16-13-17(23)7-8-19(16)24-21(29)15-31-22-26-25-20(14-27-9-11-30-12-10-27)28(22)18-5-3-2-4-6-18/h2-8,13H,9-12,14-15H2,1H3,(H,24,29). The van der Waals surface area contributed by atoms with E-state index in [-0.39, 0.29) is 11.7 Å². The molecule has 1 aliphatic heterocycles. The van der Waals surface area contributed by atoms with Gasteiger partial charge in [-0.3, -0.25) is 14.3 Å². The molecule has 7 nitrogen and oxygen atoms in total. The van der Waals surface area contributed by atoms with Gasteiger partial charge in [-0.15, -0.1) is 10.2 Å². The number of para-hydroxylation sites is 1. The average molecular weight is 502 g/mol. The van der Waals surface area contributed by atoms with E-state index < -0.39 is 0 Å². The summed E-state index contributed by atoms with van der Waals surface area (Å²) >= 11 is 4.83. The van der Waals surface area contributed by atoms with Crippen LogP contribution in [0.3, 0.4) is 0 Å². The van der Waals surface area contributed by atoms with Crippen molar-refractivity contribution in [2.75, 3.05) is 37.4 Å². The Bertz CT molecular complexity index is 1040. The molecule has 0 radical (unpaired) electrons. The second-order valence-corrected chi connectivity index (χ2v) is 9.11. The van der Waals surface area contributed by atoms with Crippen molar-refractivity contribution in [2.45, 2.75) is 18.6 Å². The number of carbonyl (C=O) groups is 1. The van der Waals surface area contributed by atoms with Crippen LogP contribution in [0.1, 0.15) is 11.4 Å². The first kappa shape index (κ1) is 22.0. The molecular formula is C22H24BrN5O2S. The molecule has 162 valence electrons. The molecule has 1 fully saturated rings. The number of aromatic nitrogens is 3. The largest absolute Gasteiger partial charge is 0.379 e. The van der Waals surface area contributed by atoms with Crippen molar-refractivity contribution in [3.63, 3.8) is 0 Å². The van der Waals surface area contributed by atoms with Crippen molar-refractivity contribution in [1.82, 2.24) is 19.7 Å². The fraction of sp³-hybridized carbons (Fsp3) is 0.318. The molecule has 0 aliphatic carbocycles. The van der Waals surface area contributed by atoms with Crippen LogP contribution in [0.5, 0.6) is 0 Å². The lowest BCUT2D eigenvalue weighted by molar-refractivity contribution is -0.113. The lowest BCUT2D eigenvalue weighted by Crippen LogP contribution is -2.36. The normalized spacial score (nSPS) is 14.5. The number of carbonyl (C=O) groups excluding carboxylic acids is 1. The maximum absolute atomic E-state index is 12.6. The number of halogens is 1. The third kappa shape index (κ3) is 5.74. The lowest BCUT2D eigenvalue weighted by Gasteiger charge is -2.26. The number of thioether (sulfide) groups is 1. The smallest absolute Gasteiger partial charge is 0.234 e. The zero-order valence-electron chi connectivity index (χ0n) is 17.3. The third-order valence-corrected chi connectivity index (χ3v) is 6.40. The van der Waals surface area contributed by atoms with Crippen molar-refractivity contribution in [2.24, 2.45) is 0 Å². The van der Waals surface area contributed by atoms with E-state index in [4.69, 9.17) is 4.74 Å². The number of ether oxygens (including phenoxy) is 1. The monoisotopic (exact) mass is 501 g/mol. The Labute approximate surface area is 194 Å². The number of rotatable bonds is 7. The second kappa shape index (κ2) is 10.4. The van der Waals surface area contributed by atoms with Gasteiger partial charge in [-0.05, 0) is 42.8 Å². The van der Waals surface area contributed by atoms with E-state index in [9.17, 15) is 4.79 Å². The number of aryl methyl sites for hydroxylation is 1. The van der Waals surface area contributed by atoms with Gasteiger partial charge < -0.3 is 10.1 Å². The molecule has 1 aliphatic rings. The summed E-state index contributed by atoms with van der Waals surface area (Å²) in [7, 11) is 0. The number of hydrogen-bond acceptors (Lipinski definition) is 6. The van der Waals surface area contributed by atoms with Gasteiger partial charge >= 0.3 is 0 Å². The molecule has 4 rings (SSSR count). The molecule has 31 heavy (non-hydrogen) atoms. The highest BCUT2D eigenvalue weighted by Crippen LogP contribution is 2.24. The fourth-order valence-electron chi connectivity index (χ4n) is 3.38. The van der Waals surface area contributed by atoms with E-state index in [2.05, 4.69) is 36.3 Å². The fourth-order valence-corrected chi connectivity index (χ4v) is 4.62. The highest BCUT2D eigenvalue weighted by Gasteiger charge is 2.19. The van der Waals surface area contributed by atoms with E-state index in [1.807, 2.05) is 60.0 Å². The topological polar surface area (TPSA) is 72.3 Å². The van der Waals surface area contributed by atoms with Crippen molar-refractivity contribution < 1.29 is 9.53 Å². The van der Waals surface area contributed by atoms with Gasteiger partial charge in [-0.2, -0.15) is 0 Å². The van der Waals surface area contributed by atoms with Crippen LogP contribution in [-0.2, 0) is 16.1 Å². The third-order valence-electron chi connectivity index (χ3n) is 4.98. The first-order chi connectivity index (χ1) is 15.1. The van der Waals surface area contributed by atoms with Gasteiger partial charge in [0, 0.05) is 28.9 Å². The van der Waals surface area contributed by atoms with Crippen LogP contribution in [0.4, 0.5) is 5.69 Å². The van der Waals surface area contributed by atoms with Crippen LogP contribution >= 0.6 is 27.7 Å². The number of morpholine rings is 1. The van der Waals surface area contributed by atoms with Gasteiger partial charge in [0.05, 0.1) is 25.5 Å². The van der Waals surface area contributed by atoms with E-state index in [1.54, 1.807) is 0 Å². The van der Waals surface area contributed by atoms with Gasteiger partial charge in [-0.25, -0.2) is 0 Å². The molecule has 2 heterocycles. The molecule has 0 spiro atoms. The first-order valence-electron chi connectivity index (χ1n) is 10.1. The summed E-state index contributed by atoms with van der Waals surface area (Å²) in [5, 5.41) is 12.5. The van der Waals surface area contributed by atoms with Crippen LogP contribution in [0.2, 0.25) is 0 Å². The van der Waals surface area contributed by atoms with E-state index in [0.717, 1.165) is 53.5 Å². The van der Waals surface area contributed by atoms with Crippen LogP contribution in [-0.4, -0.2) is 57.6 Å². The van der Waals surface area contributed by atoms with Crippen LogP contribution in [0.15, 0.2) is 58.2 Å². The Morgan fingerprint density at radius 3 is 2.68 bits per heavy atom. The molecule has 1 saturated heterocycles. The number of benzene rings is 2. The van der Waals surface area contributed by atoms with Crippen molar-refractivity contribution in [3.8, 4) is 5.69 Å². The van der Waals surface area contributed by atoms with Gasteiger partial charge in [0.25, 0.3) is 0 Å². The Kier molecular flexibility index (Phi) is 7.39. The Hall–Kier alpha value is -2.20. The molecule has 0 bridgehead atoms. The first-order valence-corrected chi connectivity index (χ1v) is 11.9. The molecule has 0 atom stereocenters. The van der Waals surface area contributed by atoms with Crippen molar-refractivity contribution >= 4 is 39.3 Å². The summed E-state index contributed by atoms with van der Waals surface area (Å²) in [6.07, 6.45) is 0. The minimum Gasteiger partial charge on any atom is -0.379 e. The van der Waals surface area contributed by atoms with Crippen molar-refractivity contribution in [3.05, 3.63) is 64.4 Å². The Balaban J connectivity index is 1.48. The van der Waals surface area contributed by atoms with Gasteiger partial charge in [0.1, 0.15) is 0 Å². The SMILES string of the molecule is Cc1cc(Br)ccc1NC(=O)CSc1nnc(CN2CCOCC2)n1-c1ccccc1. The molecule has 0 unspecified atom stereocenters. The molecule has 3 aromatic rings. The van der Waals surface area contributed by atoms with Crippen LogP contribution in [0, 0.1) is 6.92 Å². The van der Waals surface area contributed by atoms with Gasteiger partial charge in [0.15, 0.2) is 11.0 Å². The molecule has 9 heteroatoms. The summed E-state index contributed by atoms with van der Waals surface area (Å²) < 4.78 is 8.48. The molecule has 0 saturated carbocycles. The summed E-state index contributed by atoms with van der Waals surface area (Å²) in [6.45, 7) is 5.87. The number of hydrogen-bond donors (Lipinski definition) is 1. The quantitative estimate of drug-likeness (QED) is 0.495. The predicted molar refractivity (Wildman–Crippen MR) is 126 cm³/mol. The highest BCUT2D eigenvalue weighted by atomic mass is 79.9. The number of nitrogens with zero attached hydrogens (tertiary/aromatic N) is 4. The number of amides is 1. The molecule has 1 aromatic heterocycles. The van der Waals surface area contributed by atoms with Crippen molar-refractivity contribution in [1.29, 1.82) is 0 Å². The van der Waals surface area contributed by atoms with E-state index >= 15 is 0 Å². The van der Waals surface area contributed by atoms with Crippen LogP contribution < -0.4 is 5.32 Å². The van der Waals surface area contributed by atoms with Gasteiger partial charge in [0.2, 0.25) is 5.91 Å². The summed E-state index contributed by atoms with van der Waals surface area (Å²) in [5.74, 6) is 1.03. The predicted octanol–water partition coefficient (Wildman–Crippen LogP) is 3.90. The maximum Gasteiger partial charge on any atom is 0.234 e. The molecular weight excluding hydrogens is 478 g/mol. The van der Waals surface area contributed by atoms with E-state index in [1.165, 1.54) is 11.8 Å². The minimum atomic E-state index is -0.0761. The molecule has 2 aromatic carbocycles. The highest BCUT2D eigenvalue weighted by molar-refractivity contribution is 9.10. The lowest BCUT2D eigenvalue weighted by atomic mass is 10.2. The Morgan fingerprint density at radius 1 is 1.16 bits per heavy atom. The van der Waals surface area contributed by atoms with Crippen LogP contribution in [0.25, 0.3) is 5.69 Å². The summed E-state index contributed by atoms with van der Waals surface area (Å²) in [4.78, 5) is 14.9. The average Bonchev–Trinajstić information content (AvgIpc) is 3.18. The molecule has 1 amide bonds. The number of nitrogens with one attached hydrogen (secondary N) is 1. The van der Waals surface area contributed by atoms with Gasteiger partial charge in [-0.1, -0.05) is 45.9 Å².